The van der Waals surface area contributed by atoms with E-state index in [1.54, 1.807) is 12.1 Å². The second-order valence-electron chi connectivity index (χ2n) is 6.45. The van der Waals surface area contributed by atoms with E-state index in [9.17, 15) is 16.8 Å². The molecule has 1 aliphatic carbocycles. The van der Waals surface area contributed by atoms with Crippen molar-refractivity contribution in [2.45, 2.75) is 49.5 Å². The second-order valence-corrected chi connectivity index (χ2v) is 10.5. The standard InChI is InChI=1S/C16H26N2O4S2/c1-18(2)24(21,22)16-10-8-14(9-11-16)12-13-23(19,20)17-15-6-4-3-5-7-15/h8-11,15,17H,3-7,12-13H2,1-2H3. The summed E-state index contributed by atoms with van der Waals surface area (Å²) in [6.45, 7) is 0. The molecule has 1 fully saturated rings. The van der Waals surface area contributed by atoms with Gasteiger partial charge in [-0.25, -0.2) is 25.9 Å². The van der Waals surface area contributed by atoms with Gasteiger partial charge in [-0.15, -0.1) is 0 Å². The van der Waals surface area contributed by atoms with Crippen molar-refractivity contribution in [2.75, 3.05) is 19.8 Å². The lowest BCUT2D eigenvalue weighted by atomic mass is 9.96. The Kier molecular flexibility index (Phi) is 6.41. The molecule has 0 heterocycles. The molecule has 0 unspecified atom stereocenters. The molecule has 0 spiro atoms. The van der Waals surface area contributed by atoms with Crippen molar-refractivity contribution >= 4 is 20.0 Å². The number of rotatable bonds is 7. The molecule has 1 aromatic rings. The van der Waals surface area contributed by atoms with E-state index in [-0.39, 0.29) is 16.7 Å². The Morgan fingerprint density at radius 3 is 2.12 bits per heavy atom. The summed E-state index contributed by atoms with van der Waals surface area (Å²) in [6.07, 6.45) is 5.53. The van der Waals surface area contributed by atoms with Crippen LogP contribution in [0.15, 0.2) is 29.2 Å². The predicted molar refractivity (Wildman–Crippen MR) is 94.8 cm³/mol. The van der Waals surface area contributed by atoms with Gasteiger partial charge in [-0.2, -0.15) is 0 Å². The van der Waals surface area contributed by atoms with E-state index in [0.29, 0.717) is 6.42 Å². The fraction of sp³-hybridized carbons (Fsp3) is 0.625. The molecule has 6 nitrogen and oxygen atoms in total. The van der Waals surface area contributed by atoms with Gasteiger partial charge in [0.05, 0.1) is 10.6 Å². The van der Waals surface area contributed by atoms with Gasteiger partial charge in [0.15, 0.2) is 0 Å². The van der Waals surface area contributed by atoms with Gasteiger partial charge in [0.2, 0.25) is 20.0 Å². The van der Waals surface area contributed by atoms with Crippen LogP contribution in [-0.2, 0) is 26.5 Å². The van der Waals surface area contributed by atoms with Crippen LogP contribution in [-0.4, -0.2) is 47.0 Å². The van der Waals surface area contributed by atoms with Crippen LogP contribution >= 0.6 is 0 Å². The highest BCUT2D eigenvalue weighted by Crippen LogP contribution is 2.18. The van der Waals surface area contributed by atoms with Crippen LogP contribution in [0.2, 0.25) is 0 Å². The first-order chi connectivity index (χ1) is 11.2. The molecule has 0 bridgehead atoms. The maximum absolute atomic E-state index is 12.2. The van der Waals surface area contributed by atoms with Crippen molar-refractivity contribution in [3.63, 3.8) is 0 Å². The minimum atomic E-state index is -3.45. The topological polar surface area (TPSA) is 83.6 Å². The Morgan fingerprint density at radius 1 is 1.00 bits per heavy atom. The fourth-order valence-corrected chi connectivity index (χ4v) is 5.09. The van der Waals surface area contributed by atoms with Gasteiger partial charge in [-0.3, -0.25) is 0 Å². The summed E-state index contributed by atoms with van der Waals surface area (Å²) in [5.41, 5.74) is 0.807. The van der Waals surface area contributed by atoms with Crippen LogP contribution in [0.4, 0.5) is 0 Å². The van der Waals surface area contributed by atoms with Gasteiger partial charge in [0, 0.05) is 20.1 Å². The highest BCUT2D eigenvalue weighted by Gasteiger charge is 2.20. The quantitative estimate of drug-likeness (QED) is 0.788. The normalized spacial score (nSPS) is 17.3. The lowest BCUT2D eigenvalue weighted by Crippen LogP contribution is -2.37. The SMILES string of the molecule is CN(C)S(=O)(=O)c1ccc(CCS(=O)(=O)NC2CCCCC2)cc1. The minimum Gasteiger partial charge on any atom is -0.212 e. The largest absolute Gasteiger partial charge is 0.242 e. The van der Waals surface area contributed by atoms with E-state index < -0.39 is 20.0 Å². The van der Waals surface area contributed by atoms with E-state index in [0.717, 1.165) is 35.6 Å². The Labute approximate surface area is 145 Å². The average Bonchev–Trinajstić information content (AvgIpc) is 2.54. The molecular formula is C16H26N2O4S2. The number of nitrogens with one attached hydrogen (secondary N) is 1. The monoisotopic (exact) mass is 374 g/mol. The molecule has 0 atom stereocenters. The van der Waals surface area contributed by atoms with E-state index >= 15 is 0 Å². The molecule has 24 heavy (non-hydrogen) atoms. The maximum Gasteiger partial charge on any atom is 0.242 e. The molecule has 8 heteroatoms. The third-order valence-electron chi connectivity index (χ3n) is 4.31. The van der Waals surface area contributed by atoms with Crippen molar-refractivity contribution in [3.05, 3.63) is 29.8 Å². The Balaban J connectivity index is 1.94. The van der Waals surface area contributed by atoms with Crippen LogP contribution in [0, 0.1) is 0 Å². The van der Waals surface area contributed by atoms with Gasteiger partial charge < -0.3 is 0 Å². The molecule has 2 rings (SSSR count). The molecule has 1 N–H and O–H groups in total. The zero-order chi connectivity index (χ0) is 17.8. The Bertz CT molecular complexity index is 735. The minimum absolute atomic E-state index is 0.0171. The van der Waals surface area contributed by atoms with E-state index in [2.05, 4.69) is 4.72 Å². The average molecular weight is 375 g/mol. The molecule has 136 valence electrons. The molecule has 1 aliphatic rings. The number of hydrogen-bond acceptors (Lipinski definition) is 4. The fourth-order valence-electron chi connectivity index (χ4n) is 2.82. The predicted octanol–water partition coefficient (Wildman–Crippen LogP) is 1.73. The van der Waals surface area contributed by atoms with E-state index in [4.69, 9.17) is 0 Å². The summed E-state index contributed by atoms with van der Waals surface area (Å²) in [5.74, 6) is 0.0171. The van der Waals surface area contributed by atoms with Crippen LogP contribution < -0.4 is 4.72 Å². The molecule has 0 amide bonds. The van der Waals surface area contributed by atoms with Gasteiger partial charge in [0.25, 0.3) is 0 Å². The lowest BCUT2D eigenvalue weighted by Gasteiger charge is -2.22. The summed E-state index contributed by atoms with van der Waals surface area (Å²) in [5, 5.41) is 0. The molecule has 0 saturated heterocycles. The zero-order valence-electron chi connectivity index (χ0n) is 14.2. The molecule has 0 aromatic heterocycles. The first kappa shape index (κ1) is 19.4. The first-order valence-electron chi connectivity index (χ1n) is 8.22. The van der Waals surface area contributed by atoms with Crippen molar-refractivity contribution in [1.82, 2.24) is 9.03 Å². The molecule has 0 aliphatic heterocycles. The highest BCUT2D eigenvalue weighted by molar-refractivity contribution is 7.89. The molecular weight excluding hydrogens is 348 g/mol. The summed E-state index contributed by atoms with van der Waals surface area (Å²) in [7, 11) is -3.80. The van der Waals surface area contributed by atoms with Crippen LogP contribution in [0.3, 0.4) is 0 Å². The summed E-state index contributed by atoms with van der Waals surface area (Å²) in [4.78, 5) is 0.208. The smallest absolute Gasteiger partial charge is 0.212 e. The van der Waals surface area contributed by atoms with Crippen LogP contribution in [0.25, 0.3) is 0 Å². The number of benzene rings is 1. The highest BCUT2D eigenvalue weighted by atomic mass is 32.2. The van der Waals surface area contributed by atoms with Crippen LogP contribution in [0.1, 0.15) is 37.7 Å². The van der Waals surface area contributed by atoms with Gasteiger partial charge in [-0.05, 0) is 37.0 Å². The third kappa shape index (κ3) is 5.27. The van der Waals surface area contributed by atoms with Crippen molar-refractivity contribution in [1.29, 1.82) is 0 Å². The summed E-state index contributed by atoms with van der Waals surface area (Å²) >= 11 is 0. The molecule has 1 aromatic carbocycles. The van der Waals surface area contributed by atoms with E-state index in [1.165, 1.54) is 32.6 Å². The van der Waals surface area contributed by atoms with Gasteiger partial charge in [0.1, 0.15) is 0 Å². The Hall–Kier alpha value is -0.960. The molecule has 0 radical (unpaired) electrons. The number of nitrogens with zero attached hydrogens (tertiary/aromatic N) is 1. The molecule has 1 saturated carbocycles. The third-order valence-corrected chi connectivity index (χ3v) is 7.58. The number of aryl methyl sites for hydroxylation is 1. The zero-order valence-corrected chi connectivity index (χ0v) is 15.9. The summed E-state index contributed by atoms with van der Waals surface area (Å²) < 4.78 is 52.3. The first-order valence-corrected chi connectivity index (χ1v) is 11.3. The van der Waals surface area contributed by atoms with Crippen molar-refractivity contribution < 1.29 is 16.8 Å². The van der Waals surface area contributed by atoms with Crippen molar-refractivity contribution in [3.8, 4) is 0 Å². The van der Waals surface area contributed by atoms with E-state index in [1.807, 2.05) is 0 Å². The number of sulfonamides is 2. The van der Waals surface area contributed by atoms with Crippen LogP contribution in [0.5, 0.6) is 0 Å². The maximum atomic E-state index is 12.2. The summed E-state index contributed by atoms with van der Waals surface area (Å²) in [6, 6.07) is 6.45. The number of hydrogen-bond donors (Lipinski definition) is 1. The second kappa shape index (κ2) is 7.95. The Morgan fingerprint density at radius 2 is 1.58 bits per heavy atom. The lowest BCUT2D eigenvalue weighted by molar-refractivity contribution is 0.412. The van der Waals surface area contributed by atoms with Gasteiger partial charge >= 0.3 is 0 Å². The van der Waals surface area contributed by atoms with Crippen molar-refractivity contribution in [2.24, 2.45) is 0 Å². The van der Waals surface area contributed by atoms with Gasteiger partial charge in [-0.1, -0.05) is 31.4 Å².